The van der Waals surface area contributed by atoms with Gasteiger partial charge < -0.3 is 9.84 Å². The summed E-state index contributed by atoms with van der Waals surface area (Å²) in [5, 5.41) is 9.94. The number of benzene rings is 2. The molecule has 0 spiro atoms. The molecule has 2 aromatic rings. The number of aliphatic hydroxyl groups excluding tert-OH is 1. The van der Waals surface area contributed by atoms with Gasteiger partial charge in [-0.25, -0.2) is 4.90 Å². The minimum Gasteiger partial charge on any atom is -0.393 e. The zero-order valence-corrected chi connectivity index (χ0v) is 14.8. The minimum absolute atomic E-state index is 0.268. The normalized spacial score (nSPS) is 33.8. The Hall–Kier alpha value is -2.76. The van der Waals surface area contributed by atoms with E-state index in [1.54, 1.807) is 12.1 Å². The fourth-order valence-corrected chi connectivity index (χ4v) is 4.81. The molecule has 0 aromatic heterocycles. The van der Waals surface area contributed by atoms with Crippen molar-refractivity contribution < 1.29 is 19.4 Å². The fourth-order valence-electron chi connectivity index (χ4n) is 4.81. The molecule has 5 heteroatoms. The zero-order valence-electron chi connectivity index (χ0n) is 14.8. The van der Waals surface area contributed by atoms with Crippen LogP contribution in [-0.2, 0) is 14.3 Å². The number of amides is 2. The van der Waals surface area contributed by atoms with Gasteiger partial charge in [0.25, 0.3) is 0 Å². The molecule has 1 N–H and O–H groups in total. The van der Waals surface area contributed by atoms with Crippen molar-refractivity contribution in [2.45, 2.75) is 18.1 Å². The summed E-state index contributed by atoms with van der Waals surface area (Å²) in [7, 11) is 0. The summed E-state index contributed by atoms with van der Waals surface area (Å²) >= 11 is 0. The second-order valence-electron chi connectivity index (χ2n) is 7.58. The number of nitrogens with zero attached hydrogens (tertiary/aromatic N) is 1. The maximum absolute atomic E-state index is 13.4. The van der Waals surface area contributed by atoms with Gasteiger partial charge in [0.1, 0.15) is 5.60 Å². The van der Waals surface area contributed by atoms with Crippen molar-refractivity contribution >= 4 is 17.5 Å². The number of rotatable bonds is 3. The first-order valence-electron chi connectivity index (χ1n) is 9.04. The Labute approximate surface area is 156 Å². The Kier molecular flexibility index (Phi) is 3.27. The lowest BCUT2D eigenvalue weighted by Crippen LogP contribution is -2.43. The number of imide groups is 1. The lowest BCUT2D eigenvalue weighted by atomic mass is 9.73. The van der Waals surface area contributed by atoms with Gasteiger partial charge in [-0.3, -0.25) is 9.59 Å². The van der Waals surface area contributed by atoms with Crippen molar-refractivity contribution in [2.24, 2.45) is 11.8 Å². The van der Waals surface area contributed by atoms with Crippen LogP contribution in [0.25, 0.3) is 11.1 Å². The van der Waals surface area contributed by atoms with Gasteiger partial charge in [0.05, 0.1) is 29.7 Å². The number of carbonyl (C=O) groups excluding carboxylic acids is 2. The van der Waals surface area contributed by atoms with E-state index in [-0.39, 0.29) is 18.4 Å². The first-order valence-corrected chi connectivity index (χ1v) is 9.04. The van der Waals surface area contributed by atoms with Crippen LogP contribution in [0.15, 0.2) is 66.7 Å². The number of ether oxygens (including phenoxy) is 1. The molecule has 2 bridgehead atoms. The summed E-state index contributed by atoms with van der Waals surface area (Å²) in [4.78, 5) is 28.0. The van der Waals surface area contributed by atoms with Gasteiger partial charge in [0.2, 0.25) is 11.8 Å². The average molecular weight is 361 g/mol. The Morgan fingerprint density at radius 3 is 2.37 bits per heavy atom. The summed E-state index contributed by atoms with van der Waals surface area (Å²) in [6, 6.07) is 17.1. The highest BCUT2D eigenvalue weighted by atomic mass is 16.5. The first kappa shape index (κ1) is 16.4. The summed E-state index contributed by atoms with van der Waals surface area (Å²) in [6.45, 7) is 1.48. The number of anilines is 1. The predicted octanol–water partition coefficient (Wildman–Crippen LogP) is 2.55. The van der Waals surface area contributed by atoms with E-state index < -0.39 is 23.0 Å². The molecule has 0 saturated carbocycles. The molecule has 2 fully saturated rings. The van der Waals surface area contributed by atoms with E-state index in [2.05, 4.69) is 0 Å². The number of aliphatic hydroxyl groups is 1. The molecule has 3 aliphatic rings. The Bertz CT molecular complexity index is 985. The summed E-state index contributed by atoms with van der Waals surface area (Å²) in [5.74, 6) is -1.90. The van der Waals surface area contributed by atoms with Crippen LogP contribution in [0.3, 0.4) is 0 Å². The van der Waals surface area contributed by atoms with Gasteiger partial charge in [0, 0.05) is 5.56 Å². The van der Waals surface area contributed by atoms with Crippen molar-refractivity contribution in [3.63, 3.8) is 0 Å². The summed E-state index contributed by atoms with van der Waals surface area (Å²) < 4.78 is 5.97. The van der Waals surface area contributed by atoms with E-state index in [0.29, 0.717) is 5.69 Å². The Balaban J connectivity index is 1.64. The third-order valence-electron chi connectivity index (χ3n) is 6.03. The molecule has 4 atom stereocenters. The predicted molar refractivity (Wildman–Crippen MR) is 99.8 cm³/mol. The van der Waals surface area contributed by atoms with Crippen LogP contribution in [0.5, 0.6) is 0 Å². The lowest BCUT2D eigenvalue weighted by molar-refractivity contribution is -0.131. The monoisotopic (exact) mass is 361 g/mol. The van der Waals surface area contributed by atoms with Gasteiger partial charge in [0.15, 0.2) is 0 Å². The highest BCUT2D eigenvalue weighted by Gasteiger charge is 2.72. The van der Waals surface area contributed by atoms with Crippen molar-refractivity contribution in [2.75, 3.05) is 11.5 Å². The van der Waals surface area contributed by atoms with E-state index >= 15 is 0 Å². The van der Waals surface area contributed by atoms with E-state index in [9.17, 15) is 14.7 Å². The number of hydrogen-bond donors (Lipinski definition) is 1. The number of fused-ring (bicyclic) bond motifs is 5. The van der Waals surface area contributed by atoms with Gasteiger partial charge in [-0.15, -0.1) is 0 Å². The molecule has 0 aliphatic carbocycles. The van der Waals surface area contributed by atoms with Crippen molar-refractivity contribution in [1.29, 1.82) is 0 Å². The van der Waals surface area contributed by atoms with E-state index in [1.807, 2.05) is 61.5 Å². The van der Waals surface area contributed by atoms with Crippen molar-refractivity contribution in [1.82, 2.24) is 0 Å². The standard InChI is InChI=1S/C22H19NO4/c1-21-11-12-22(13-24,27-21)18-17(21)19(25)23(20(18)26)16-10-6-5-9-15(16)14-7-3-2-4-8-14/h2-12,17-18,24H,13H2,1H3/t17-,18+,21+,22+/m1/s1. The van der Waals surface area contributed by atoms with Crippen LogP contribution >= 0.6 is 0 Å². The second kappa shape index (κ2) is 5.38. The molecule has 5 nitrogen and oxygen atoms in total. The third-order valence-corrected chi connectivity index (χ3v) is 6.03. The van der Waals surface area contributed by atoms with Crippen LogP contribution in [0, 0.1) is 11.8 Å². The molecular weight excluding hydrogens is 342 g/mol. The van der Waals surface area contributed by atoms with Gasteiger partial charge in [-0.1, -0.05) is 60.7 Å². The summed E-state index contributed by atoms with van der Waals surface area (Å²) in [6.07, 6.45) is 3.55. The molecule has 2 aromatic carbocycles. The molecule has 0 unspecified atom stereocenters. The second-order valence-corrected chi connectivity index (χ2v) is 7.58. The van der Waals surface area contributed by atoms with Crippen LogP contribution in [-0.4, -0.2) is 34.7 Å². The molecule has 5 rings (SSSR count). The smallest absolute Gasteiger partial charge is 0.241 e. The van der Waals surface area contributed by atoms with Crippen LogP contribution < -0.4 is 4.90 Å². The lowest BCUT2D eigenvalue weighted by Gasteiger charge is -2.27. The molecule has 3 heterocycles. The quantitative estimate of drug-likeness (QED) is 0.674. The Morgan fingerprint density at radius 2 is 1.63 bits per heavy atom. The molecule has 2 amide bonds. The fraction of sp³-hybridized carbons (Fsp3) is 0.273. The third kappa shape index (κ3) is 2.01. The van der Waals surface area contributed by atoms with Gasteiger partial charge >= 0.3 is 0 Å². The molecule has 2 saturated heterocycles. The van der Waals surface area contributed by atoms with E-state index in [0.717, 1.165) is 11.1 Å². The maximum atomic E-state index is 13.4. The molecule has 136 valence electrons. The van der Waals surface area contributed by atoms with Gasteiger partial charge in [-0.05, 0) is 18.6 Å². The first-order chi connectivity index (χ1) is 13.0. The highest BCUT2D eigenvalue weighted by molar-refractivity contribution is 6.24. The minimum atomic E-state index is -1.11. The molecule has 27 heavy (non-hydrogen) atoms. The number of carbonyl (C=O) groups is 2. The topological polar surface area (TPSA) is 66.8 Å². The number of para-hydroxylation sites is 1. The van der Waals surface area contributed by atoms with Crippen molar-refractivity contribution in [3.05, 3.63) is 66.7 Å². The maximum Gasteiger partial charge on any atom is 0.241 e. The van der Waals surface area contributed by atoms with Crippen molar-refractivity contribution in [3.8, 4) is 11.1 Å². The number of hydrogen-bond acceptors (Lipinski definition) is 4. The van der Waals surface area contributed by atoms with Crippen LogP contribution in [0.2, 0.25) is 0 Å². The molecular formula is C22H19NO4. The molecule has 3 aliphatic heterocycles. The summed E-state index contributed by atoms with van der Waals surface area (Å²) in [5.41, 5.74) is 0.360. The average Bonchev–Trinajstić information content (AvgIpc) is 3.28. The van der Waals surface area contributed by atoms with Gasteiger partial charge in [-0.2, -0.15) is 0 Å². The van der Waals surface area contributed by atoms with E-state index in [4.69, 9.17) is 4.74 Å². The SMILES string of the molecule is C[C@@]12C=C[C@@](CO)(O1)[C@@H]1C(=O)N(c3ccccc3-c3ccccc3)C(=O)[C@@H]12. The highest BCUT2D eigenvalue weighted by Crippen LogP contribution is 2.57. The van der Waals surface area contributed by atoms with Crippen LogP contribution in [0.1, 0.15) is 6.92 Å². The largest absolute Gasteiger partial charge is 0.393 e. The van der Waals surface area contributed by atoms with E-state index in [1.165, 1.54) is 4.90 Å². The Morgan fingerprint density at radius 1 is 0.963 bits per heavy atom. The van der Waals surface area contributed by atoms with Crippen LogP contribution in [0.4, 0.5) is 5.69 Å². The molecule has 0 radical (unpaired) electrons. The zero-order chi connectivity index (χ0) is 18.8.